The second kappa shape index (κ2) is 10.8. The van der Waals surface area contributed by atoms with Crippen molar-refractivity contribution in [2.75, 3.05) is 46.8 Å². The summed E-state index contributed by atoms with van der Waals surface area (Å²) in [5, 5.41) is 0.388. The van der Waals surface area contributed by atoms with Gasteiger partial charge in [-0.25, -0.2) is 4.98 Å². The van der Waals surface area contributed by atoms with Gasteiger partial charge in [0.05, 0.1) is 33.0 Å². The smallest absolute Gasteiger partial charge is 0.218 e. The topological polar surface area (TPSA) is 62.7 Å². The fraction of sp³-hybridized carbons (Fsp3) is 0.692. The Kier molecular flexibility index (Phi) is 9.23. The highest BCUT2D eigenvalue weighted by atomic mass is 35.5. The first-order chi connectivity index (χ1) is 9.76. The van der Waals surface area contributed by atoms with Crippen LogP contribution in [0.15, 0.2) is 6.07 Å². The molecule has 0 atom stereocenters. The minimum absolute atomic E-state index is 0.388. The molecule has 0 radical (unpaired) electrons. The number of rotatable bonds is 11. The van der Waals surface area contributed by atoms with Crippen LogP contribution in [-0.4, -0.2) is 56.7 Å². The van der Waals surface area contributed by atoms with Gasteiger partial charge < -0.3 is 18.9 Å². The van der Waals surface area contributed by atoms with Crippen molar-refractivity contribution in [2.45, 2.75) is 13.3 Å². The zero-order valence-electron chi connectivity index (χ0n) is 11.9. The Hall–Kier alpha value is -0.950. The molecule has 0 saturated heterocycles. The largest absolute Gasteiger partial charge is 0.475 e. The van der Waals surface area contributed by atoms with Gasteiger partial charge >= 0.3 is 0 Å². The molecule has 1 aromatic heterocycles. The van der Waals surface area contributed by atoms with Crippen LogP contribution < -0.4 is 4.74 Å². The average Bonchev–Trinajstić information content (AvgIpc) is 2.45. The van der Waals surface area contributed by atoms with Crippen LogP contribution in [-0.2, 0) is 20.6 Å². The molecule has 0 spiro atoms. The minimum atomic E-state index is 0.388. The zero-order valence-corrected chi connectivity index (χ0v) is 12.7. The van der Waals surface area contributed by atoms with Crippen LogP contribution >= 0.6 is 11.6 Å². The maximum atomic E-state index is 5.86. The summed E-state index contributed by atoms with van der Waals surface area (Å²) in [5.41, 5.74) is 0. The second-order valence-corrected chi connectivity index (χ2v) is 4.25. The highest BCUT2D eigenvalue weighted by Crippen LogP contribution is 2.13. The number of aromatic nitrogens is 2. The standard InChI is InChI=1S/C13H21ClN2O4/c1-3-12-15-11(14)10-13(16-12)20-9-8-19-7-6-18-5-4-17-2/h10H,3-9H2,1-2H3. The molecule has 20 heavy (non-hydrogen) atoms. The molecule has 0 aliphatic heterocycles. The number of aryl methyl sites for hydroxylation is 1. The van der Waals surface area contributed by atoms with E-state index >= 15 is 0 Å². The van der Waals surface area contributed by atoms with E-state index in [2.05, 4.69) is 9.97 Å². The molecule has 0 aliphatic rings. The molecule has 0 N–H and O–H groups in total. The lowest BCUT2D eigenvalue weighted by Gasteiger charge is -2.08. The maximum absolute atomic E-state index is 5.86. The van der Waals surface area contributed by atoms with Gasteiger partial charge in [-0.3, -0.25) is 0 Å². The Balaban J connectivity index is 2.08. The summed E-state index contributed by atoms with van der Waals surface area (Å²) in [6.07, 6.45) is 0.715. The monoisotopic (exact) mass is 304 g/mol. The van der Waals surface area contributed by atoms with E-state index in [9.17, 15) is 0 Å². The lowest BCUT2D eigenvalue weighted by atomic mass is 10.4. The van der Waals surface area contributed by atoms with Crippen LogP contribution in [0.3, 0.4) is 0 Å². The molecule has 0 unspecified atom stereocenters. The average molecular weight is 305 g/mol. The summed E-state index contributed by atoms with van der Waals surface area (Å²) in [6.45, 7) is 5.08. The van der Waals surface area contributed by atoms with Crippen molar-refractivity contribution in [3.8, 4) is 5.88 Å². The van der Waals surface area contributed by atoms with Gasteiger partial charge in [0.1, 0.15) is 17.6 Å². The van der Waals surface area contributed by atoms with E-state index in [1.807, 2.05) is 6.92 Å². The SMILES string of the molecule is CCc1nc(Cl)cc(OCCOCCOCCOC)n1. The van der Waals surface area contributed by atoms with E-state index in [-0.39, 0.29) is 0 Å². The van der Waals surface area contributed by atoms with Gasteiger partial charge in [-0.15, -0.1) is 0 Å². The molecule has 7 heteroatoms. The molecular formula is C13H21ClN2O4. The number of halogens is 1. The van der Waals surface area contributed by atoms with Gasteiger partial charge in [-0.05, 0) is 0 Å². The summed E-state index contributed by atoms with van der Waals surface area (Å²) < 4.78 is 20.9. The Morgan fingerprint density at radius 1 is 1.00 bits per heavy atom. The van der Waals surface area contributed by atoms with E-state index in [0.29, 0.717) is 62.9 Å². The van der Waals surface area contributed by atoms with Crippen molar-refractivity contribution in [3.63, 3.8) is 0 Å². The van der Waals surface area contributed by atoms with Crippen LogP contribution in [0.2, 0.25) is 5.15 Å². The number of methoxy groups -OCH3 is 1. The molecule has 0 saturated carbocycles. The maximum Gasteiger partial charge on any atom is 0.218 e. The first-order valence-electron chi connectivity index (χ1n) is 6.57. The Morgan fingerprint density at radius 3 is 2.30 bits per heavy atom. The van der Waals surface area contributed by atoms with Crippen molar-refractivity contribution < 1.29 is 18.9 Å². The van der Waals surface area contributed by atoms with E-state index in [4.69, 9.17) is 30.5 Å². The minimum Gasteiger partial charge on any atom is -0.475 e. The highest BCUT2D eigenvalue weighted by molar-refractivity contribution is 6.29. The van der Waals surface area contributed by atoms with Crippen LogP contribution in [0.25, 0.3) is 0 Å². The summed E-state index contributed by atoms with van der Waals surface area (Å²) in [5.74, 6) is 1.14. The predicted octanol–water partition coefficient (Wildman–Crippen LogP) is 1.75. The summed E-state index contributed by atoms with van der Waals surface area (Å²) in [7, 11) is 1.64. The predicted molar refractivity (Wildman–Crippen MR) is 75.4 cm³/mol. The summed E-state index contributed by atoms with van der Waals surface area (Å²) in [6, 6.07) is 1.59. The summed E-state index contributed by atoms with van der Waals surface area (Å²) in [4.78, 5) is 8.27. The lowest BCUT2D eigenvalue weighted by Crippen LogP contribution is -2.13. The third kappa shape index (κ3) is 7.59. The highest BCUT2D eigenvalue weighted by Gasteiger charge is 2.02. The molecule has 0 aromatic carbocycles. The molecule has 114 valence electrons. The van der Waals surface area contributed by atoms with Crippen molar-refractivity contribution in [1.29, 1.82) is 0 Å². The Bertz CT molecular complexity index is 379. The lowest BCUT2D eigenvalue weighted by molar-refractivity contribution is 0.0176. The van der Waals surface area contributed by atoms with Crippen molar-refractivity contribution in [3.05, 3.63) is 17.0 Å². The second-order valence-electron chi connectivity index (χ2n) is 3.86. The van der Waals surface area contributed by atoms with Crippen molar-refractivity contribution >= 4 is 11.6 Å². The van der Waals surface area contributed by atoms with Gasteiger partial charge in [0, 0.05) is 19.6 Å². The number of nitrogens with zero attached hydrogens (tertiary/aromatic N) is 2. The first kappa shape index (κ1) is 17.1. The third-order valence-corrected chi connectivity index (χ3v) is 2.51. The quantitative estimate of drug-likeness (QED) is 0.458. The van der Waals surface area contributed by atoms with Crippen LogP contribution in [0, 0.1) is 0 Å². The van der Waals surface area contributed by atoms with Crippen LogP contribution in [0.4, 0.5) is 0 Å². The molecule has 0 bridgehead atoms. The Labute approximate surface area is 124 Å². The molecule has 1 rings (SSSR count). The number of hydrogen-bond acceptors (Lipinski definition) is 6. The van der Waals surface area contributed by atoms with E-state index in [1.54, 1.807) is 13.2 Å². The van der Waals surface area contributed by atoms with Gasteiger partial charge in [-0.1, -0.05) is 18.5 Å². The molecule has 0 fully saturated rings. The van der Waals surface area contributed by atoms with Crippen LogP contribution in [0.5, 0.6) is 5.88 Å². The molecule has 6 nitrogen and oxygen atoms in total. The fourth-order valence-corrected chi connectivity index (χ4v) is 1.53. The number of ether oxygens (including phenoxy) is 4. The van der Waals surface area contributed by atoms with Gasteiger partial charge in [0.15, 0.2) is 0 Å². The fourth-order valence-electron chi connectivity index (χ4n) is 1.34. The van der Waals surface area contributed by atoms with Crippen molar-refractivity contribution in [1.82, 2.24) is 9.97 Å². The van der Waals surface area contributed by atoms with Gasteiger partial charge in [0.2, 0.25) is 5.88 Å². The molecule has 0 amide bonds. The zero-order chi connectivity index (χ0) is 14.6. The molecule has 1 aromatic rings. The molecule has 0 aliphatic carbocycles. The molecule has 1 heterocycles. The number of hydrogen-bond donors (Lipinski definition) is 0. The van der Waals surface area contributed by atoms with Crippen molar-refractivity contribution in [2.24, 2.45) is 0 Å². The van der Waals surface area contributed by atoms with E-state index < -0.39 is 0 Å². The third-order valence-electron chi connectivity index (χ3n) is 2.32. The van der Waals surface area contributed by atoms with E-state index in [0.717, 1.165) is 0 Å². The summed E-state index contributed by atoms with van der Waals surface area (Å²) >= 11 is 5.86. The van der Waals surface area contributed by atoms with Gasteiger partial charge in [0.25, 0.3) is 0 Å². The normalized spacial score (nSPS) is 10.8. The van der Waals surface area contributed by atoms with Gasteiger partial charge in [-0.2, -0.15) is 4.98 Å². The Morgan fingerprint density at radius 2 is 1.65 bits per heavy atom. The van der Waals surface area contributed by atoms with E-state index in [1.165, 1.54) is 0 Å². The molecular weight excluding hydrogens is 284 g/mol. The first-order valence-corrected chi connectivity index (χ1v) is 6.94. The van der Waals surface area contributed by atoms with Crippen LogP contribution in [0.1, 0.15) is 12.7 Å².